The molecule has 0 spiro atoms. The van der Waals surface area contributed by atoms with Crippen LogP contribution in [0.4, 0.5) is 5.69 Å². The number of hydrogen-bond donors (Lipinski definition) is 1. The second-order valence-corrected chi connectivity index (χ2v) is 9.95. The van der Waals surface area contributed by atoms with Crippen LogP contribution >= 0.6 is 23.2 Å². The second kappa shape index (κ2) is 10.0. The number of halogens is 2. The maximum atomic E-state index is 13.4. The van der Waals surface area contributed by atoms with E-state index in [1.807, 2.05) is 0 Å². The van der Waals surface area contributed by atoms with Crippen molar-refractivity contribution in [2.75, 3.05) is 19.0 Å². The molecule has 6 nitrogen and oxygen atoms in total. The monoisotopic (exact) mass is 470 g/mol. The molecular weight excluding hydrogens is 447 g/mol. The topological polar surface area (TPSA) is 75.7 Å². The highest BCUT2D eigenvalue weighted by Gasteiger charge is 2.34. The van der Waals surface area contributed by atoms with E-state index < -0.39 is 15.9 Å². The van der Waals surface area contributed by atoms with Crippen molar-refractivity contribution < 1.29 is 17.9 Å². The quantitative estimate of drug-likeness (QED) is 0.619. The minimum atomic E-state index is -3.87. The summed E-state index contributed by atoms with van der Waals surface area (Å²) in [6.45, 7) is -0.300. The second-order valence-electron chi connectivity index (χ2n) is 7.19. The fraction of sp³-hybridized carbons (Fsp3) is 0.381. The lowest BCUT2D eigenvalue weighted by Crippen LogP contribution is -2.45. The smallest absolute Gasteiger partial charge is 0.243 e. The minimum Gasteiger partial charge on any atom is -0.495 e. The van der Waals surface area contributed by atoms with Crippen LogP contribution in [0.3, 0.4) is 0 Å². The Morgan fingerprint density at radius 1 is 1.07 bits per heavy atom. The number of nitrogens with one attached hydrogen (secondary N) is 1. The molecule has 3 rings (SSSR count). The first kappa shape index (κ1) is 22.9. The highest BCUT2D eigenvalue weighted by atomic mass is 35.5. The van der Waals surface area contributed by atoms with Gasteiger partial charge in [0.2, 0.25) is 15.9 Å². The van der Waals surface area contributed by atoms with Crippen molar-refractivity contribution in [1.82, 2.24) is 4.31 Å². The van der Waals surface area contributed by atoms with E-state index in [4.69, 9.17) is 27.9 Å². The van der Waals surface area contributed by atoms with Gasteiger partial charge in [-0.25, -0.2) is 8.42 Å². The number of ether oxygens (including phenoxy) is 1. The van der Waals surface area contributed by atoms with Crippen LogP contribution in [-0.4, -0.2) is 38.3 Å². The molecule has 30 heavy (non-hydrogen) atoms. The van der Waals surface area contributed by atoms with Gasteiger partial charge in [-0.15, -0.1) is 0 Å². The number of benzene rings is 2. The van der Waals surface area contributed by atoms with Crippen molar-refractivity contribution >= 4 is 44.8 Å². The fourth-order valence-corrected chi connectivity index (χ4v) is 5.57. The Morgan fingerprint density at radius 2 is 1.70 bits per heavy atom. The molecule has 2 aromatic carbocycles. The van der Waals surface area contributed by atoms with Gasteiger partial charge in [0.1, 0.15) is 5.75 Å². The molecule has 2 aromatic rings. The Kier molecular flexibility index (Phi) is 7.63. The molecule has 1 aliphatic rings. The predicted molar refractivity (Wildman–Crippen MR) is 119 cm³/mol. The Labute approximate surface area is 187 Å². The Bertz CT molecular complexity index is 991. The SMILES string of the molecule is COc1ccc(Cl)cc1NC(=O)CN(C1CCCCC1)S(=O)(=O)c1ccc(Cl)cc1. The zero-order valence-electron chi connectivity index (χ0n) is 16.6. The third-order valence-corrected chi connectivity index (χ3v) is 7.54. The largest absolute Gasteiger partial charge is 0.495 e. The number of nitrogens with zero attached hydrogens (tertiary/aromatic N) is 1. The Morgan fingerprint density at radius 3 is 2.33 bits per heavy atom. The van der Waals surface area contributed by atoms with Gasteiger partial charge in [-0.05, 0) is 55.3 Å². The van der Waals surface area contributed by atoms with Gasteiger partial charge in [0.15, 0.2) is 0 Å². The van der Waals surface area contributed by atoms with Crippen molar-refractivity contribution in [3.05, 3.63) is 52.5 Å². The normalized spacial score (nSPS) is 15.2. The zero-order valence-corrected chi connectivity index (χ0v) is 18.9. The summed E-state index contributed by atoms with van der Waals surface area (Å²) in [6, 6.07) is 10.6. The molecular formula is C21H24Cl2N2O4S. The van der Waals surface area contributed by atoms with E-state index in [0.717, 1.165) is 32.1 Å². The third kappa shape index (κ3) is 5.46. The van der Waals surface area contributed by atoms with Gasteiger partial charge in [0.25, 0.3) is 0 Å². The van der Waals surface area contributed by atoms with E-state index in [9.17, 15) is 13.2 Å². The van der Waals surface area contributed by atoms with E-state index in [-0.39, 0.29) is 17.5 Å². The molecule has 162 valence electrons. The molecule has 0 radical (unpaired) electrons. The van der Waals surface area contributed by atoms with Crippen LogP contribution in [0.25, 0.3) is 0 Å². The van der Waals surface area contributed by atoms with Crippen molar-refractivity contribution in [3.63, 3.8) is 0 Å². The van der Waals surface area contributed by atoms with Gasteiger partial charge in [-0.2, -0.15) is 4.31 Å². The van der Waals surface area contributed by atoms with Gasteiger partial charge in [-0.1, -0.05) is 42.5 Å². The Balaban J connectivity index is 1.86. The van der Waals surface area contributed by atoms with Crippen LogP contribution in [0.1, 0.15) is 32.1 Å². The van der Waals surface area contributed by atoms with Gasteiger partial charge in [-0.3, -0.25) is 4.79 Å². The summed E-state index contributed by atoms with van der Waals surface area (Å²) in [6.07, 6.45) is 4.38. The van der Waals surface area contributed by atoms with Crippen LogP contribution in [0.5, 0.6) is 5.75 Å². The summed E-state index contributed by atoms with van der Waals surface area (Å²) >= 11 is 11.9. The number of anilines is 1. The molecule has 1 fully saturated rings. The number of sulfonamides is 1. The summed E-state index contributed by atoms with van der Waals surface area (Å²) in [4.78, 5) is 13.0. The molecule has 1 amide bonds. The summed E-state index contributed by atoms with van der Waals surface area (Å²) < 4.78 is 33.3. The lowest BCUT2D eigenvalue weighted by atomic mass is 9.95. The number of carbonyl (C=O) groups excluding carboxylic acids is 1. The first-order valence-corrected chi connectivity index (χ1v) is 11.9. The van der Waals surface area contributed by atoms with E-state index in [1.54, 1.807) is 18.2 Å². The van der Waals surface area contributed by atoms with Gasteiger partial charge < -0.3 is 10.1 Å². The van der Waals surface area contributed by atoms with Crippen LogP contribution in [0, 0.1) is 0 Å². The molecule has 1 saturated carbocycles. The number of hydrogen-bond acceptors (Lipinski definition) is 4. The van der Waals surface area contributed by atoms with Crippen molar-refractivity contribution in [2.45, 2.75) is 43.0 Å². The standard InChI is InChI=1S/C21H24Cl2N2O4S/c1-29-20-12-9-16(23)13-19(20)24-21(26)14-25(17-5-3-2-4-6-17)30(27,28)18-10-7-15(22)8-11-18/h7-13,17H,2-6,14H2,1H3,(H,24,26). The lowest BCUT2D eigenvalue weighted by Gasteiger charge is -2.33. The van der Waals surface area contributed by atoms with Crippen LogP contribution in [0.15, 0.2) is 47.4 Å². The number of amides is 1. The summed E-state index contributed by atoms with van der Waals surface area (Å²) in [5.74, 6) is -0.0174. The zero-order chi connectivity index (χ0) is 21.7. The van der Waals surface area contributed by atoms with E-state index in [2.05, 4.69) is 5.32 Å². The van der Waals surface area contributed by atoms with Gasteiger partial charge >= 0.3 is 0 Å². The lowest BCUT2D eigenvalue weighted by molar-refractivity contribution is -0.116. The minimum absolute atomic E-state index is 0.116. The first-order chi connectivity index (χ1) is 14.3. The maximum absolute atomic E-state index is 13.4. The van der Waals surface area contributed by atoms with E-state index in [1.165, 1.54) is 35.7 Å². The van der Waals surface area contributed by atoms with E-state index >= 15 is 0 Å². The molecule has 0 aromatic heterocycles. The molecule has 1 aliphatic carbocycles. The number of rotatable bonds is 7. The first-order valence-electron chi connectivity index (χ1n) is 9.72. The van der Waals surface area contributed by atoms with Crippen LogP contribution in [-0.2, 0) is 14.8 Å². The molecule has 0 aliphatic heterocycles. The average Bonchev–Trinajstić information content (AvgIpc) is 2.73. The van der Waals surface area contributed by atoms with Crippen molar-refractivity contribution in [1.29, 1.82) is 0 Å². The molecule has 0 atom stereocenters. The third-order valence-electron chi connectivity index (χ3n) is 5.14. The molecule has 9 heteroatoms. The molecule has 1 N–H and O–H groups in total. The van der Waals surface area contributed by atoms with E-state index in [0.29, 0.717) is 21.5 Å². The van der Waals surface area contributed by atoms with Crippen LogP contribution < -0.4 is 10.1 Å². The van der Waals surface area contributed by atoms with Gasteiger partial charge in [0, 0.05) is 16.1 Å². The molecule has 0 unspecified atom stereocenters. The maximum Gasteiger partial charge on any atom is 0.243 e. The van der Waals surface area contributed by atoms with Crippen molar-refractivity contribution in [3.8, 4) is 5.75 Å². The fourth-order valence-electron chi connectivity index (χ4n) is 3.63. The molecule has 0 saturated heterocycles. The summed E-state index contributed by atoms with van der Waals surface area (Å²) in [7, 11) is -2.39. The Hall–Kier alpha value is -1.80. The molecule has 0 bridgehead atoms. The highest BCUT2D eigenvalue weighted by Crippen LogP contribution is 2.30. The molecule has 0 heterocycles. The number of carbonyl (C=O) groups is 1. The average molecular weight is 471 g/mol. The number of methoxy groups -OCH3 is 1. The van der Waals surface area contributed by atoms with Gasteiger partial charge in [0.05, 0.1) is 24.2 Å². The van der Waals surface area contributed by atoms with Crippen molar-refractivity contribution in [2.24, 2.45) is 0 Å². The summed E-state index contributed by atoms with van der Waals surface area (Å²) in [5.41, 5.74) is 0.391. The van der Waals surface area contributed by atoms with Crippen LogP contribution in [0.2, 0.25) is 10.0 Å². The predicted octanol–water partition coefficient (Wildman–Crippen LogP) is 4.96. The summed E-state index contributed by atoms with van der Waals surface area (Å²) in [5, 5.41) is 3.61. The highest BCUT2D eigenvalue weighted by molar-refractivity contribution is 7.89.